The van der Waals surface area contributed by atoms with E-state index in [0.717, 1.165) is 12.1 Å². The highest BCUT2D eigenvalue weighted by atomic mass is 19.1. The van der Waals surface area contributed by atoms with Gasteiger partial charge in [-0.1, -0.05) is 12.1 Å². The Hall–Kier alpha value is -2.80. The summed E-state index contributed by atoms with van der Waals surface area (Å²) in [4.78, 5) is 23.2. The zero-order valence-corrected chi connectivity index (χ0v) is 12.1. The Morgan fingerprint density at radius 3 is 2.04 bits per heavy atom. The molecule has 0 aromatic heterocycles. The number of carbonyl (C=O) groups is 2. The van der Waals surface area contributed by atoms with Gasteiger partial charge in [-0.05, 0) is 36.8 Å². The minimum Gasteiger partial charge on any atom is -0.346 e. The molecule has 0 aliphatic rings. The summed E-state index contributed by atoms with van der Waals surface area (Å²) in [5.41, 5.74) is 2.33. The van der Waals surface area contributed by atoms with Gasteiger partial charge in [-0.2, -0.15) is 0 Å². The number of hydrogen-bond acceptors (Lipinski definition) is 3. The number of hydrogen-bond donors (Lipinski definition) is 3. The van der Waals surface area contributed by atoms with E-state index in [1.165, 1.54) is 17.6 Å². The first-order valence-corrected chi connectivity index (χ1v) is 6.72. The molecule has 120 valence electrons. The maximum atomic E-state index is 13.1. The van der Waals surface area contributed by atoms with Crippen LogP contribution in [0.2, 0.25) is 0 Å². The van der Waals surface area contributed by atoms with Gasteiger partial charge in [0.1, 0.15) is 11.6 Å². The highest BCUT2D eigenvalue weighted by Gasteiger charge is 2.14. The molecule has 0 heterocycles. The van der Waals surface area contributed by atoms with Gasteiger partial charge in [0, 0.05) is 17.2 Å². The van der Waals surface area contributed by atoms with E-state index in [4.69, 9.17) is 5.21 Å². The molecule has 2 rings (SSSR count). The quantitative estimate of drug-likeness (QED) is 0.598. The first-order chi connectivity index (χ1) is 10.9. The largest absolute Gasteiger partial charge is 0.346 e. The van der Waals surface area contributed by atoms with Gasteiger partial charge in [-0.15, -0.1) is 0 Å². The number of halogens is 2. The van der Waals surface area contributed by atoms with Crippen molar-refractivity contribution >= 4 is 11.8 Å². The standard InChI is InChI=1S/C16H14F2N2O3/c1-9(10-2-4-11(5-3-10)16(22)20-23)19-15(21)12-6-13(17)8-14(18)7-12/h2-9,23H,1H3,(H,19,21)(H,20,22). The van der Waals surface area contributed by atoms with E-state index in [1.54, 1.807) is 19.1 Å². The molecule has 23 heavy (non-hydrogen) atoms. The monoisotopic (exact) mass is 320 g/mol. The third kappa shape index (κ3) is 4.10. The van der Waals surface area contributed by atoms with E-state index in [2.05, 4.69) is 5.32 Å². The van der Waals surface area contributed by atoms with Crippen molar-refractivity contribution in [1.29, 1.82) is 0 Å². The summed E-state index contributed by atoms with van der Waals surface area (Å²) in [5.74, 6) is -2.93. The van der Waals surface area contributed by atoms with Crippen LogP contribution in [-0.2, 0) is 0 Å². The van der Waals surface area contributed by atoms with Crippen molar-refractivity contribution in [3.63, 3.8) is 0 Å². The van der Waals surface area contributed by atoms with Gasteiger partial charge in [0.15, 0.2) is 0 Å². The number of carbonyl (C=O) groups excluding carboxylic acids is 2. The van der Waals surface area contributed by atoms with Gasteiger partial charge >= 0.3 is 0 Å². The summed E-state index contributed by atoms with van der Waals surface area (Å²) in [6, 6.07) is 8.28. The van der Waals surface area contributed by atoms with Crippen LogP contribution in [0.3, 0.4) is 0 Å². The zero-order valence-electron chi connectivity index (χ0n) is 12.1. The van der Waals surface area contributed by atoms with Crippen molar-refractivity contribution in [3.05, 3.63) is 70.8 Å². The minimum atomic E-state index is -0.831. The molecule has 0 aliphatic carbocycles. The fourth-order valence-electron chi connectivity index (χ4n) is 2.04. The predicted octanol–water partition coefficient (Wildman–Crippen LogP) is 2.57. The van der Waals surface area contributed by atoms with Crippen LogP contribution >= 0.6 is 0 Å². The predicted molar refractivity (Wildman–Crippen MR) is 77.9 cm³/mol. The van der Waals surface area contributed by atoms with Crippen molar-refractivity contribution in [3.8, 4) is 0 Å². The lowest BCUT2D eigenvalue weighted by Crippen LogP contribution is -2.27. The molecule has 0 radical (unpaired) electrons. The normalized spacial score (nSPS) is 11.7. The Bertz CT molecular complexity index is 712. The SMILES string of the molecule is CC(NC(=O)c1cc(F)cc(F)c1)c1ccc(C(=O)NO)cc1. The number of hydroxylamine groups is 1. The van der Waals surface area contributed by atoms with Crippen LogP contribution in [0.15, 0.2) is 42.5 Å². The van der Waals surface area contributed by atoms with Crippen molar-refractivity contribution in [2.24, 2.45) is 0 Å². The van der Waals surface area contributed by atoms with Crippen molar-refractivity contribution in [1.82, 2.24) is 10.8 Å². The molecule has 0 saturated carbocycles. The lowest BCUT2D eigenvalue weighted by molar-refractivity contribution is 0.0706. The van der Waals surface area contributed by atoms with Gasteiger partial charge in [-0.3, -0.25) is 14.8 Å². The Labute approximate surface area is 130 Å². The summed E-state index contributed by atoms with van der Waals surface area (Å²) >= 11 is 0. The molecular weight excluding hydrogens is 306 g/mol. The van der Waals surface area contributed by atoms with Crippen molar-refractivity contribution in [2.75, 3.05) is 0 Å². The number of nitrogens with one attached hydrogen (secondary N) is 2. The van der Waals surface area contributed by atoms with Crippen LogP contribution in [0.4, 0.5) is 8.78 Å². The number of benzene rings is 2. The molecule has 0 saturated heterocycles. The maximum Gasteiger partial charge on any atom is 0.274 e. The summed E-state index contributed by atoms with van der Waals surface area (Å²) in [6.07, 6.45) is 0. The number of rotatable bonds is 4. The van der Waals surface area contributed by atoms with Gasteiger partial charge in [0.05, 0.1) is 6.04 Å². The van der Waals surface area contributed by atoms with Gasteiger partial charge in [-0.25, -0.2) is 14.3 Å². The fourth-order valence-corrected chi connectivity index (χ4v) is 2.04. The molecule has 7 heteroatoms. The van der Waals surface area contributed by atoms with Crippen LogP contribution in [0.25, 0.3) is 0 Å². The minimum absolute atomic E-state index is 0.120. The molecular formula is C16H14F2N2O3. The second-order valence-electron chi connectivity index (χ2n) is 4.92. The molecule has 0 fully saturated rings. The van der Waals surface area contributed by atoms with Crippen LogP contribution in [-0.4, -0.2) is 17.0 Å². The molecule has 1 unspecified atom stereocenters. The smallest absolute Gasteiger partial charge is 0.274 e. The molecule has 0 spiro atoms. The Balaban J connectivity index is 2.10. The summed E-state index contributed by atoms with van der Waals surface area (Å²) < 4.78 is 26.2. The second kappa shape index (κ2) is 6.97. The van der Waals surface area contributed by atoms with Crippen molar-refractivity contribution < 1.29 is 23.6 Å². The third-order valence-corrected chi connectivity index (χ3v) is 3.25. The molecule has 2 aromatic carbocycles. The third-order valence-electron chi connectivity index (χ3n) is 3.25. The molecule has 2 amide bonds. The second-order valence-corrected chi connectivity index (χ2v) is 4.92. The van der Waals surface area contributed by atoms with E-state index >= 15 is 0 Å². The van der Waals surface area contributed by atoms with Gasteiger partial charge < -0.3 is 5.32 Å². The van der Waals surface area contributed by atoms with Gasteiger partial charge in [0.25, 0.3) is 11.8 Å². The van der Waals surface area contributed by atoms with E-state index in [9.17, 15) is 18.4 Å². The highest BCUT2D eigenvalue weighted by Crippen LogP contribution is 2.15. The van der Waals surface area contributed by atoms with E-state index in [1.807, 2.05) is 0 Å². The van der Waals surface area contributed by atoms with Crippen molar-refractivity contribution in [2.45, 2.75) is 13.0 Å². The zero-order chi connectivity index (χ0) is 17.0. The summed E-state index contributed by atoms with van der Waals surface area (Å²) in [6.45, 7) is 1.69. The fraction of sp³-hybridized carbons (Fsp3) is 0.125. The average molecular weight is 320 g/mol. The summed E-state index contributed by atoms with van der Waals surface area (Å²) in [7, 11) is 0. The average Bonchev–Trinajstić information content (AvgIpc) is 2.53. The Morgan fingerprint density at radius 1 is 0.957 bits per heavy atom. The number of amides is 2. The highest BCUT2D eigenvalue weighted by molar-refractivity contribution is 5.94. The lowest BCUT2D eigenvalue weighted by atomic mass is 10.1. The van der Waals surface area contributed by atoms with Crippen LogP contribution in [0, 0.1) is 11.6 Å². The first-order valence-electron chi connectivity index (χ1n) is 6.72. The van der Waals surface area contributed by atoms with E-state index in [0.29, 0.717) is 11.6 Å². The topological polar surface area (TPSA) is 78.4 Å². The maximum absolute atomic E-state index is 13.1. The Kier molecular flexibility index (Phi) is 5.02. The molecule has 1 atom stereocenters. The van der Waals surface area contributed by atoms with Gasteiger partial charge in [0.2, 0.25) is 0 Å². The molecule has 3 N–H and O–H groups in total. The Morgan fingerprint density at radius 2 is 1.52 bits per heavy atom. The molecule has 2 aromatic rings. The molecule has 0 bridgehead atoms. The lowest BCUT2D eigenvalue weighted by Gasteiger charge is -2.15. The van der Waals surface area contributed by atoms with Crippen LogP contribution < -0.4 is 10.8 Å². The summed E-state index contributed by atoms with van der Waals surface area (Å²) in [5, 5.41) is 11.1. The van der Waals surface area contributed by atoms with Crippen LogP contribution in [0.5, 0.6) is 0 Å². The van der Waals surface area contributed by atoms with E-state index < -0.39 is 29.5 Å². The molecule has 0 aliphatic heterocycles. The van der Waals surface area contributed by atoms with E-state index in [-0.39, 0.29) is 11.1 Å². The first kappa shape index (κ1) is 16.6. The molecule has 5 nitrogen and oxygen atoms in total. The van der Waals surface area contributed by atoms with Crippen LogP contribution in [0.1, 0.15) is 39.2 Å².